The van der Waals surface area contributed by atoms with Gasteiger partial charge in [0.2, 0.25) is 23.6 Å². The van der Waals surface area contributed by atoms with Crippen molar-refractivity contribution in [3.05, 3.63) is 52.5 Å². The summed E-state index contributed by atoms with van der Waals surface area (Å²) in [6.45, 7) is 15.6. The van der Waals surface area contributed by atoms with E-state index < -0.39 is 36.3 Å². The normalized spacial score (nSPS) is 18.7. The van der Waals surface area contributed by atoms with Crippen LogP contribution in [0.25, 0.3) is 0 Å². The molecule has 326 valence electrons. The van der Waals surface area contributed by atoms with Gasteiger partial charge in [0.1, 0.15) is 11.0 Å². The number of aromatic nitrogens is 1. The number of ether oxygens (including phenoxy) is 2. The Bertz CT molecular complexity index is 1550. The maximum absolute atomic E-state index is 14.4. The van der Waals surface area contributed by atoms with Crippen LogP contribution in [0, 0.1) is 23.7 Å². The highest BCUT2D eigenvalue weighted by Gasteiger charge is 2.43. The van der Waals surface area contributed by atoms with Gasteiger partial charge < -0.3 is 35.6 Å². The number of likely N-dealkylation sites (tertiary alicyclic amines) is 1. The summed E-state index contributed by atoms with van der Waals surface area (Å²) in [6.07, 6.45) is 4.20. The third-order valence-corrected chi connectivity index (χ3v) is 12.8. The average Bonchev–Trinajstić information content (AvgIpc) is 3.92. The summed E-state index contributed by atoms with van der Waals surface area (Å²) in [7, 11) is 6.85. The fourth-order valence-electron chi connectivity index (χ4n) is 8.53. The van der Waals surface area contributed by atoms with E-state index in [1.54, 1.807) is 32.4 Å². The van der Waals surface area contributed by atoms with Crippen LogP contribution in [0.3, 0.4) is 0 Å². The van der Waals surface area contributed by atoms with Gasteiger partial charge in [0.15, 0.2) is 0 Å². The van der Waals surface area contributed by atoms with Gasteiger partial charge in [0.05, 0.1) is 48.7 Å². The molecule has 14 heteroatoms. The summed E-state index contributed by atoms with van der Waals surface area (Å²) < 4.78 is 12.1. The van der Waals surface area contributed by atoms with Gasteiger partial charge in [-0.1, -0.05) is 85.2 Å². The molecule has 1 aliphatic heterocycles. The van der Waals surface area contributed by atoms with Crippen LogP contribution in [0.1, 0.15) is 97.2 Å². The predicted molar refractivity (Wildman–Crippen MR) is 231 cm³/mol. The Balaban J connectivity index is 1.79. The van der Waals surface area contributed by atoms with E-state index in [0.717, 1.165) is 29.8 Å². The second-order valence-electron chi connectivity index (χ2n) is 16.8. The SMILES string of the molecule is CCC(C)C(C(CC(=O)N1CCCC1C(OC)C(C)C(=O)NC(Cc1ccccc1)c1nccs1)OC)N(C)C(=O)C(NC(=O)C(C(C)C)N(C)CCCN)C(C)C. The smallest absolute Gasteiger partial charge is 0.245 e. The van der Waals surface area contributed by atoms with Gasteiger partial charge in [-0.05, 0) is 69.1 Å². The molecule has 4 N–H and O–H groups in total. The molecule has 0 bridgehead atoms. The van der Waals surface area contributed by atoms with Crippen molar-refractivity contribution in [2.75, 3.05) is 47.9 Å². The molecule has 58 heavy (non-hydrogen) atoms. The molecule has 1 aliphatic rings. The average molecular weight is 828 g/mol. The first-order valence-corrected chi connectivity index (χ1v) is 22.0. The maximum atomic E-state index is 14.4. The lowest BCUT2D eigenvalue weighted by Gasteiger charge is -2.41. The van der Waals surface area contributed by atoms with Gasteiger partial charge in [-0.2, -0.15) is 0 Å². The summed E-state index contributed by atoms with van der Waals surface area (Å²) in [4.78, 5) is 66.5. The highest BCUT2D eigenvalue weighted by molar-refractivity contribution is 7.09. The van der Waals surface area contributed by atoms with Crippen molar-refractivity contribution < 1.29 is 28.7 Å². The number of hydrogen-bond donors (Lipinski definition) is 3. The van der Waals surface area contributed by atoms with Crippen molar-refractivity contribution in [3.8, 4) is 0 Å². The minimum atomic E-state index is -0.776. The number of thiazole rings is 1. The van der Waals surface area contributed by atoms with Crippen LogP contribution in [-0.2, 0) is 35.1 Å². The first kappa shape index (κ1) is 48.9. The molecule has 2 aromatic rings. The minimum Gasteiger partial charge on any atom is -0.379 e. The highest BCUT2D eigenvalue weighted by Crippen LogP contribution is 2.30. The summed E-state index contributed by atoms with van der Waals surface area (Å²) in [5.41, 5.74) is 6.84. The quantitative estimate of drug-likeness (QED) is 0.134. The molecule has 1 aromatic carbocycles. The van der Waals surface area contributed by atoms with E-state index in [4.69, 9.17) is 15.2 Å². The number of carbonyl (C=O) groups is 4. The fraction of sp³-hybridized carbons (Fsp3) is 0.705. The van der Waals surface area contributed by atoms with Gasteiger partial charge in [-0.25, -0.2) is 4.98 Å². The lowest BCUT2D eigenvalue weighted by atomic mass is 9.89. The van der Waals surface area contributed by atoms with Crippen molar-refractivity contribution in [2.24, 2.45) is 29.4 Å². The molecular weight excluding hydrogens is 755 g/mol. The number of nitrogens with one attached hydrogen (secondary N) is 2. The lowest BCUT2D eigenvalue weighted by Crippen LogP contribution is -2.60. The number of amides is 4. The van der Waals surface area contributed by atoms with Crippen molar-refractivity contribution in [2.45, 2.75) is 129 Å². The van der Waals surface area contributed by atoms with Crippen LogP contribution >= 0.6 is 11.3 Å². The number of nitrogens with zero attached hydrogens (tertiary/aromatic N) is 4. The molecule has 0 saturated carbocycles. The molecule has 4 amide bonds. The van der Waals surface area contributed by atoms with E-state index in [9.17, 15) is 19.2 Å². The van der Waals surface area contributed by atoms with Gasteiger partial charge in [-0.3, -0.25) is 24.1 Å². The molecule has 0 aliphatic carbocycles. The molecule has 1 fully saturated rings. The van der Waals surface area contributed by atoms with E-state index in [0.29, 0.717) is 32.5 Å². The maximum Gasteiger partial charge on any atom is 0.245 e. The Morgan fingerprint density at radius 1 is 0.983 bits per heavy atom. The zero-order chi connectivity index (χ0) is 43.1. The van der Waals surface area contributed by atoms with E-state index in [1.807, 2.05) is 87.2 Å². The van der Waals surface area contributed by atoms with E-state index in [2.05, 4.69) is 29.5 Å². The summed E-state index contributed by atoms with van der Waals surface area (Å²) in [5.74, 6) is -1.45. The molecule has 1 saturated heterocycles. The van der Waals surface area contributed by atoms with Crippen molar-refractivity contribution in [3.63, 3.8) is 0 Å². The molecule has 9 unspecified atom stereocenters. The molecule has 2 heterocycles. The van der Waals surface area contributed by atoms with Crippen LogP contribution in [-0.4, -0.2) is 128 Å². The number of methoxy groups -OCH3 is 2. The largest absolute Gasteiger partial charge is 0.379 e. The third-order valence-electron chi connectivity index (χ3n) is 11.9. The third kappa shape index (κ3) is 13.0. The number of rotatable bonds is 24. The number of hydrogen-bond acceptors (Lipinski definition) is 10. The van der Waals surface area contributed by atoms with Crippen molar-refractivity contribution in [1.29, 1.82) is 0 Å². The van der Waals surface area contributed by atoms with Crippen molar-refractivity contribution in [1.82, 2.24) is 30.3 Å². The Kier molecular flexibility index (Phi) is 20.2. The Morgan fingerprint density at radius 2 is 1.67 bits per heavy atom. The molecule has 1 aromatic heterocycles. The number of benzene rings is 1. The van der Waals surface area contributed by atoms with Crippen LogP contribution in [0.2, 0.25) is 0 Å². The van der Waals surface area contributed by atoms with Gasteiger partial charge in [0, 0.05) is 39.4 Å². The number of likely N-dealkylation sites (N-methyl/N-ethyl adjacent to an activating group) is 2. The number of carbonyl (C=O) groups excluding carboxylic acids is 4. The molecule has 13 nitrogen and oxygen atoms in total. The zero-order valence-electron chi connectivity index (χ0n) is 37.0. The topological polar surface area (TPSA) is 159 Å². The molecule has 9 atom stereocenters. The number of nitrogens with two attached hydrogens (primary N) is 1. The first-order chi connectivity index (χ1) is 27.6. The lowest BCUT2D eigenvalue weighted by molar-refractivity contribution is -0.148. The van der Waals surface area contributed by atoms with Crippen LogP contribution in [0.15, 0.2) is 41.9 Å². The van der Waals surface area contributed by atoms with Crippen LogP contribution in [0.4, 0.5) is 0 Å². The van der Waals surface area contributed by atoms with Crippen LogP contribution in [0.5, 0.6) is 0 Å². The molecular formula is C44H73N7O6S. The minimum absolute atomic E-state index is 0.0183. The standard InChI is InChI=1S/C44H73N7O6S/c1-12-30(6)39(50(9)44(55)37(28(2)3)48-42(54)38(29(4)5)49(8)23-17-21-45)35(56-10)27-36(52)51-24-16-20-34(51)40(57-11)31(7)41(53)47-33(43-46-22-25-58-43)26-32-18-14-13-15-19-32/h13-15,18-19,22,25,28-31,33-35,37-40H,12,16-17,20-21,23-24,26-27,45H2,1-11H3,(H,47,53)(H,48,54). The second kappa shape index (κ2) is 24.0. The monoisotopic (exact) mass is 828 g/mol. The fourth-order valence-corrected chi connectivity index (χ4v) is 9.22. The molecule has 3 rings (SSSR count). The Hall–Kier alpha value is -3.43. The summed E-state index contributed by atoms with van der Waals surface area (Å²) in [5, 5.41) is 9.07. The van der Waals surface area contributed by atoms with Gasteiger partial charge in [0.25, 0.3) is 0 Å². The van der Waals surface area contributed by atoms with E-state index in [-0.39, 0.29) is 59.9 Å². The van der Waals surface area contributed by atoms with Gasteiger partial charge in [-0.15, -0.1) is 11.3 Å². The van der Waals surface area contributed by atoms with Crippen LogP contribution < -0.4 is 16.4 Å². The molecule has 0 radical (unpaired) electrons. The highest BCUT2D eigenvalue weighted by atomic mass is 32.1. The van der Waals surface area contributed by atoms with E-state index >= 15 is 0 Å². The summed E-state index contributed by atoms with van der Waals surface area (Å²) >= 11 is 1.51. The van der Waals surface area contributed by atoms with Crippen molar-refractivity contribution >= 4 is 35.0 Å². The first-order valence-electron chi connectivity index (χ1n) is 21.2. The zero-order valence-corrected chi connectivity index (χ0v) is 37.8. The summed E-state index contributed by atoms with van der Waals surface area (Å²) in [6, 6.07) is 7.74. The molecule has 0 spiro atoms. The van der Waals surface area contributed by atoms with Gasteiger partial charge >= 0.3 is 0 Å². The predicted octanol–water partition coefficient (Wildman–Crippen LogP) is 4.91. The Morgan fingerprint density at radius 3 is 2.22 bits per heavy atom. The van der Waals surface area contributed by atoms with E-state index in [1.165, 1.54) is 11.3 Å². The second-order valence-corrected chi connectivity index (χ2v) is 17.7. The Labute approximate surface area is 352 Å².